The fourth-order valence-corrected chi connectivity index (χ4v) is 2.82. The Balaban J connectivity index is 1.74. The number of rotatable bonds is 3. The highest BCUT2D eigenvalue weighted by molar-refractivity contribution is 7.13. The second-order valence-electron chi connectivity index (χ2n) is 4.52. The Labute approximate surface area is 132 Å². The van der Waals surface area contributed by atoms with Gasteiger partial charge in [0.05, 0.1) is 0 Å². The van der Waals surface area contributed by atoms with Gasteiger partial charge in [0.15, 0.2) is 0 Å². The standard InChI is InChI=1S/C17H12ClNOS/c18-14-7-9-15(10-8-14)19-17(20)13-5-3-12(4-6-13)16-2-1-11-21-16/h1-11H,(H,19,20). The maximum absolute atomic E-state index is 12.2. The summed E-state index contributed by atoms with van der Waals surface area (Å²) in [6, 6.07) is 18.7. The van der Waals surface area contributed by atoms with Crippen molar-refractivity contribution in [1.29, 1.82) is 0 Å². The van der Waals surface area contributed by atoms with E-state index in [1.54, 1.807) is 35.6 Å². The van der Waals surface area contributed by atoms with E-state index in [1.165, 1.54) is 4.88 Å². The normalized spacial score (nSPS) is 10.3. The minimum atomic E-state index is -0.130. The first-order valence-electron chi connectivity index (χ1n) is 6.43. The molecule has 3 aromatic rings. The van der Waals surface area contributed by atoms with E-state index < -0.39 is 0 Å². The third-order valence-corrected chi connectivity index (χ3v) is 4.23. The van der Waals surface area contributed by atoms with E-state index in [0.717, 1.165) is 11.3 Å². The molecule has 1 aromatic heterocycles. The first kappa shape index (κ1) is 13.9. The molecule has 0 fully saturated rings. The predicted octanol–water partition coefficient (Wildman–Crippen LogP) is 5.32. The van der Waals surface area contributed by atoms with Gasteiger partial charge in [-0.2, -0.15) is 0 Å². The first-order valence-corrected chi connectivity index (χ1v) is 7.69. The van der Waals surface area contributed by atoms with Gasteiger partial charge in [0.25, 0.3) is 5.91 Å². The summed E-state index contributed by atoms with van der Waals surface area (Å²) < 4.78 is 0. The highest BCUT2D eigenvalue weighted by atomic mass is 35.5. The Kier molecular flexibility index (Phi) is 4.04. The maximum Gasteiger partial charge on any atom is 0.255 e. The summed E-state index contributed by atoms with van der Waals surface area (Å²) in [5.74, 6) is -0.130. The monoisotopic (exact) mass is 313 g/mol. The van der Waals surface area contributed by atoms with E-state index in [2.05, 4.69) is 11.4 Å². The topological polar surface area (TPSA) is 29.1 Å². The number of hydrogen-bond acceptors (Lipinski definition) is 2. The molecule has 4 heteroatoms. The summed E-state index contributed by atoms with van der Waals surface area (Å²) >= 11 is 7.50. The van der Waals surface area contributed by atoms with Crippen molar-refractivity contribution >= 4 is 34.5 Å². The molecule has 0 aliphatic heterocycles. The summed E-state index contributed by atoms with van der Waals surface area (Å²) in [7, 11) is 0. The Bertz CT molecular complexity index is 733. The number of benzene rings is 2. The van der Waals surface area contributed by atoms with Crippen LogP contribution in [0, 0.1) is 0 Å². The zero-order valence-corrected chi connectivity index (χ0v) is 12.6. The van der Waals surface area contributed by atoms with Crippen molar-refractivity contribution in [2.24, 2.45) is 0 Å². The number of thiophene rings is 1. The van der Waals surface area contributed by atoms with Crippen LogP contribution in [0.15, 0.2) is 66.0 Å². The highest BCUT2D eigenvalue weighted by Crippen LogP contribution is 2.25. The van der Waals surface area contributed by atoms with Crippen molar-refractivity contribution in [2.45, 2.75) is 0 Å². The van der Waals surface area contributed by atoms with Crippen LogP contribution < -0.4 is 5.32 Å². The predicted molar refractivity (Wildman–Crippen MR) is 89.2 cm³/mol. The Morgan fingerprint density at radius 1 is 0.952 bits per heavy atom. The van der Waals surface area contributed by atoms with Crippen molar-refractivity contribution in [3.05, 3.63) is 76.6 Å². The van der Waals surface area contributed by atoms with Crippen LogP contribution in [0.5, 0.6) is 0 Å². The lowest BCUT2D eigenvalue weighted by Crippen LogP contribution is -2.11. The van der Waals surface area contributed by atoms with Gasteiger partial charge in [0, 0.05) is 21.2 Å². The molecule has 0 aliphatic rings. The SMILES string of the molecule is O=C(Nc1ccc(Cl)cc1)c1ccc(-c2cccs2)cc1. The van der Waals surface area contributed by atoms with Crippen LogP contribution in [0.3, 0.4) is 0 Å². The molecule has 0 spiro atoms. The number of anilines is 1. The van der Waals surface area contributed by atoms with Crippen LogP contribution in [0.1, 0.15) is 10.4 Å². The summed E-state index contributed by atoms with van der Waals surface area (Å²) in [4.78, 5) is 13.3. The van der Waals surface area contributed by atoms with Gasteiger partial charge >= 0.3 is 0 Å². The van der Waals surface area contributed by atoms with E-state index in [9.17, 15) is 4.79 Å². The van der Waals surface area contributed by atoms with E-state index >= 15 is 0 Å². The molecule has 1 heterocycles. The van der Waals surface area contributed by atoms with Gasteiger partial charge in [-0.1, -0.05) is 29.8 Å². The van der Waals surface area contributed by atoms with Crippen molar-refractivity contribution in [3.63, 3.8) is 0 Å². The molecular weight excluding hydrogens is 302 g/mol. The summed E-state index contributed by atoms with van der Waals surface area (Å²) in [5, 5.41) is 5.53. The molecule has 0 saturated carbocycles. The molecule has 0 bridgehead atoms. The van der Waals surface area contributed by atoms with Crippen LogP contribution in [0.2, 0.25) is 5.02 Å². The molecule has 2 aromatic carbocycles. The minimum absolute atomic E-state index is 0.130. The van der Waals surface area contributed by atoms with Crippen molar-refractivity contribution in [1.82, 2.24) is 0 Å². The minimum Gasteiger partial charge on any atom is -0.322 e. The van der Waals surface area contributed by atoms with E-state index in [1.807, 2.05) is 35.7 Å². The third-order valence-electron chi connectivity index (χ3n) is 3.05. The molecule has 1 N–H and O–H groups in total. The second kappa shape index (κ2) is 6.12. The Morgan fingerprint density at radius 3 is 2.29 bits per heavy atom. The van der Waals surface area contributed by atoms with Gasteiger partial charge in [-0.05, 0) is 53.4 Å². The molecule has 0 radical (unpaired) electrons. The quantitative estimate of drug-likeness (QED) is 0.696. The molecule has 0 saturated heterocycles. The van der Waals surface area contributed by atoms with E-state index in [0.29, 0.717) is 10.6 Å². The summed E-state index contributed by atoms with van der Waals surface area (Å²) in [6.45, 7) is 0. The van der Waals surface area contributed by atoms with Crippen LogP contribution >= 0.6 is 22.9 Å². The lowest BCUT2D eigenvalue weighted by Gasteiger charge is -2.06. The highest BCUT2D eigenvalue weighted by Gasteiger charge is 2.06. The Hall–Kier alpha value is -2.10. The molecule has 2 nitrogen and oxygen atoms in total. The lowest BCUT2D eigenvalue weighted by molar-refractivity contribution is 0.102. The Morgan fingerprint density at radius 2 is 1.67 bits per heavy atom. The van der Waals surface area contributed by atoms with E-state index in [-0.39, 0.29) is 5.91 Å². The molecule has 104 valence electrons. The first-order chi connectivity index (χ1) is 10.2. The fraction of sp³-hybridized carbons (Fsp3) is 0. The van der Waals surface area contributed by atoms with Gasteiger partial charge in [-0.25, -0.2) is 0 Å². The largest absolute Gasteiger partial charge is 0.322 e. The van der Waals surface area contributed by atoms with Crippen LogP contribution in [0.4, 0.5) is 5.69 Å². The number of carbonyl (C=O) groups is 1. The molecule has 3 rings (SSSR count). The van der Waals surface area contributed by atoms with Crippen molar-refractivity contribution < 1.29 is 4.79 Å². The smallest absolute Gasteiger partial charge is 0.255 e. The van der Waals surface area contributed by atoms with Crippen molar-refractivity contribution in [2.75, 3.05) is 5.32 Å². The van der Waals surface area contributed by atoms with Gasteiger partial charge in [-0.3, -0.25) is 4.79 Å². The molecular formula is C17H12ClNOS. The van der Waals surface area contributed by atoms with Crippen molar-refractivity contribution in [3.8, 4) is 10.4 Å². The average molecular weight is 314 g/mol. The van der Waals surface area contributed by atoms with Gasteiger partial charge in [0.2, 0.25) is 0 Å². The number of halogens is 1. The number of amides is 1. The van der Waals surface area contributed by atoms with Gasteiger partial charge in [0.1, 0.15) is 0 Å². The van der Waals surface area contributed by atoms with Gasteiger partial charge in [-0.15, -0.1) is 11.3 Å². The molecule has 0 atom stereocenters. The second-order valence-corrected chi connectivity index (χ2v) is 5.90. The summed E-state index contributed by atoms with van der Waals surface area (Å²) in [6.07, 6.45) is 0. The molecule has 1 amide bonds. The number of carbonyl (C=O) groups excluding carboxylic acids is 1. The maximum atomic E-state index is 12.2. The zero-order valence-electron chi connectivity index (χ0n) is 11.0. The van der Waals surface area contributed by atoms with Crippen LogP contribution in [-0.2, 0) is 0 Å². The zero-order chi connectivity index (χ0) is 14.7. The fourth-order valence-electron chi connectivity index (χ4n) is 1.97. The average Bonchev–Trinajstić information content (AvgIpc) is 3.04. The van der Waals surface area contributed by atoms with Gasteiger partial charge < -0.3 is 5.32 Å². The van der Waals surface area contributed by atoms with Crippen LogP contribution in [-0.4, -0.2) is 5.91 Å². The molecule has 0 unspecified atom stereocenters. The number of nitrogens with one attached hydrogen (secondary N) is 1. The lowest BCUT2D eigenvalue weighted by atomic mass is 10.1. The van der Waals surface area contributed by atoms with E-state index in [4.69, 9.17) is 11.6 Å². The molecule has 21 heavy (non-hydrogen) atoms. The third kappa shape index (κ3) is 3.32. The molecule has 0 aliphatic carbocycles. The van der Waals surface area contributed by atoms with Crippen LogP contribution in [0.25, 0.3) is 10.4 Å². The summed E-state index contributed by atoms with van der Waals surface area (Å²) in [5.41, 5.74) is 2.48. The number of hydrogen-bond donors (Lipinski definition) is 1.